The molecule has 0 aliphatic heterocycles. The van der Waals surface area contributed by atoms with Crippen LogP contribution in [-0.2, 0) is 16.1 Å². The summed E-state index contributed by atoms with van der Waals surface area (Å²) in [5.74, 6) is 3.89. The van der Waals surface area contributed by atoms with Crippen LogP contribution in [0.15, 0.2) is 30.4 Å². The van der Waals surface area contributed by atoms with Gasteiger partial charge in [-0.1, -0.05) is 76.6 Å². The minimum absolute atomic E-state index is 0.308. The van der Waals surface area contributed by atoms with Crippen molar-refractivity contribution in [2.45, 2.75) is 85.5 Å². The summed E-state index contributed by atoms with van der Waals surface area (Å²) < 4.78 is 0. The van der Waals surface area contributed by atoms with Gasteiger partial charge in [-0.3, -0.25) is 0 Å². The maximum Gasteiger partial charge on any atom is 0.351 e. The maximum atomic E-state index is 10.1. The summed E-state index contributed by atoms with van der Waals surface area (Å²) in [4.78, 5) is 13.8. The Balaban J connectivity index is 0.000000697. The molecule has 142 valence electrons. The number of carbonyl (C=O) groups is 1. The summed E-state index contributed by atoms with van der Waals surface area (Å²) in [7, 11) is 0. The van der Waals surface area contributed by atoms with Crippen molar-refractivity contribution in [2.24, 2.45) is 5.90 Å². The number of benzene rings is 1. The summed E-state index contributed by atoms with van der Waals surface area (Å²) in [6.45, 7) is 11.6. The summed E-state index contributed by atoms with van der Waals surface area (Å²) in [6, 6.07) is 6.71. The van der Waals surface area contributed by atoms with Crippen LogP contribution < -0.4 is 5.90 Å². The molecule has 0 aliphatic carbocycles. The molecule has 0 saturated carbocycles. The number of rotatable bonds is 10. The lowest BCUT2D eigenvalue weighted by Crippen LogP contribution is -2.09. The molecule has 0 aromatic heterocycles. The van der Waals surface area contributed by atoms with Gasteiger partial charge >= 0.3 is 5.97 Å². The minimum Gasteiger partial charge on any atom is -0.370 e. The first-order chi connectivity index (χ1) is 11.9. The van der Waals surface area contributed by atoms with Crippen molar-refractivity contribution in [1.29, 1.82) is 0 Å². The van der Waals surface area contributed by atoms with Gasteiger partial charge in [0.1, 0.15) is 0 Å². The molecule has 0 saturated heterocycles. The van der Waals surface area contributed by atoms with E-state index >= 15 is 0 Å². The van der Waals surface area contributed by atoms with Crippen LogP contribution in [0.25, 0.3) is 0 Å². The monoisotopic (exact) mass is 347 g/mol. The highest BCUT2D eigenvalue weighted by molar-refractivity contribution is 5.86. The van der Waals surface area contributed by atoms with E-state index in [9.17, 15) is 4.79 Å². The quantitative estimate of drug-likeness (QED) is 0.322. The molecule has 0 unspecified atom stereocenters. The molecule has 0 spiro atoms. The molecule has 1 rings (SSSR count). The molecule has 0 amide bonds. The second-order valence-electron chi connectivity index (χ2n) is 6.77. The maximum absolute atomic E-state index is 10.1. The van der Waals surface area contributed by atoms with Gasteiger partial charge < -0.3 is 4.84 Å². The Morgan fingerprint density at radius 2 is 1.60 bits per heavy atom. The third kappa shape index (κ3) is 11.5. The molecule has 1 aromatic rings. The number of hydrogen-bond acceptors (Lipinski definition) is 3. The zero-order valence-corrected chi connectivity index (χ0v) is 16.7. The molecule has 3 heteroatoms. The second-order valence-corrected chi connectivity index (χ2v) is 6.77. The van der Waals surface area contributed by atoms with E-state index in [1.54, 1.807) is 5.56 Å². The number of unbranched alkanes of at least 4 members (excludes halogenated alkanes) is 7. The van der Waals surface area contributed by atoms with E-state index in [4.69, 9.17) is 0 Å². The van der Waals surface area contributed by atoms with Gasteiger partial charge in [0.2, 0.25) is 0 Å². The molecule has 0 bridgehead atoms. The molecule has 1 aromatic carbocycles. The van der Waals surface area contributed by atoms with Crippen molar-refractivity contribution >= 4 is 5.97 Å². The number of hydrogen-bond donors (Lipinski definition) is 1. The highest BCUT2D eigenvalue weighted by atomic mass is 16.7. The van der Waals surface area contributed by atoms with E-state index in [-0.39, 0.29) is 0 Å². The lowest BCUT2D eigenvalue weighted by Gasteiger charge is -2.08. The van der Waals surface area contributed by atoms with Gasteiger partial charge in [0.05, 0.1) is 0 Å². The Hall–Kier alpha value is -1.61. The van der Waals surface area contributed by atoms with E-state index in [1.165, 1.54) is 75.8 Å². The Kier molecular flexibility index (Phi) is 13.8. The minimum atomic E-state index is -0.569. The van der Waals surface area contributed by atoms with Crippen molar-refractivity contribution in [2.75, 3.05) is 0 Å². The van der Waals surface area contributed by atoms with Crippen LogP contribution in [0.5, 0.6) is 0 Å². The Morgan fingerprint density at radius 1 is 1.04 bits per heavy atom. The van der Waals surface area contributed by atoms with Gasteiger partial charge in [0, 0.05) is 5.57 Å². The smallest absolute Gasteiger partial charge is 0.351 e. The van der Waals surface area contributed by atoms with Crippen LogP contribution in [0.4, 0.5) is 0 Å². The van der Waals surface area contributed by atoms with Crippen molar-refractivity contribution in [1.82, 2.24) is 0 Å². The highest BCUT2D eigenvalue weighted by Crippen LogP contribution is 2.16. The van der Waals surface area contributed by atoms with Gasteiger partial charge in [0.15, 0.2) is 0 Å². The lowest BCUT2D eigenvalue weighted by atomic mass is 9.98. The summed E-state index contributed by atoms with van der Waals surface area (Å²) in [5, 5.41) is 0. The summed E-state index contributed by atoms with van der Waals surface area (Å²) >= 11 is 0. The summed E-state index contributed by atoms with van der Waals surface area (Å²) in [6.07, 6.45) is 12.5. The van der Waals surface area contributed by atoms with Crippen LogP contribution >= 0.6 is 0 Å². The zero-order chi connectivity index (χ0) is 19.1. The first-order valence-electron chi connectivity index (χ1n) is 9.55. The topological polar surface area (TPSA) is 52.3 Å². The first kappa shape index (κ1) is 23.4. The van der Waals surface area contributed by atoms with Gasteiger partial charge in [0.25, 0.3) is 0 Å². The van der Waals surface area contributed by atoms with Gasteiger partial charge in [-0.25, -0.2) is 4.79 Å². The molecule has 0 radical (unpaired) electrons. The number of carbonyl (C=O) groups excluding carboxylic acids is 1. The fourth-order valence-electron chi connectivity index (χ4n) is 2.63. The third-order valence-corrected chi connectivity index (χ3v) is 4.47. The fourth-order valence-corrected chi connectivity index (χ4v) is 2.63. The van der Waals surface area contributed by atoms with Crippen molar-refractivity contribution in [3.8, 4) is 0 Å². The molecular formula is C22H37NO2. The predicted molar refractivity (Wildman–Crippen MR) is 107 cm³/mol. The van der Waals surface area contributed by atoms with Gasteiger partial charge in [-0.15, -0.1) is 0 Å². The van der Waals surface area contributed by atoms with Crippen LogP contribution in [-0.4, -0.2) is 5.97 Å². The van der Waals surface area contributed by atoms with Crippen LogP contribution in [0, 0.1) is 13.8 Å². The zero-order valence-electron chi connectivity index (χ0n) is 16.7. The van der Waals surface area contributed by atoms with Crippen molar-refractivity contribution in [3.63, 3.8) is 0 Å². The molecule has 0 fully saturated rings. The van der Waals surface area contributed by atoms with E-state index < -0.39 is 5.97 Å². The lowest BCUT2D eigenvalue weighted by molar-refractivity contribution is -0.139. The molecular weight excluding hydrogens is 310 g/mol. The van der Waals surface area contributed by atoms with Crippen LogP contribution in [0.2, 0.25) is 0 Å². The average Bonchev–Trinajstić information content (AvgIpc) is 2.60. The van der Waals surface area contributed by atoms with Crippen LogP contribution in [0.1, 0.15) is 81.9 Å². The molecule has 0 aliphatic rings. The predicted octanol–water partition coefficient (Wildman–Crippen LogP) is 5.97. The van der Waals surface area contributed by atoms with E-state index in [2.05, 4.69) is 56.3 Å². The fraction of sp³-hybridized carbons (Fsp3) is 0.591. The third-order valence-electron chi connectivity index (χ3n) is 4.47. The molecule has 0 heterocycles. The summed E-state index contributed by atoms with van der Waals surface area (Å²) in [5.41, 5.74) is 4.80. The molecule has 2 N–H and O–H groups in total. The molecule has 3 nitrogen and oxygen atoms in total. The largest absolute Gasteiger partial charge is 0.370 e. The Labute approximate surface area is 154 Å². The second kappa shape index (κ2) is 14.7. The molecule has 25 heavy (non-hydrogen) atoms. The number of aryl methyl sites for hydroxylation is 2. The average molecular weight is 348 g/mol. The molecule has 0 atom stereocenters. The number of nitrogens with two attached hydrogens (primary N) is 1. The van der Waals surface area contributed by atoms with Crippen molar-refractivity contribution in [3.05, 3.63) is 47.0 Å². The normalized spacial score (nSPS) is 9.96. The van der Waals surface area contributed by atoms with Crippen LogP contribution in [0.3, 0.4) is 0 Å². The van der Waals surface area contributed by atoms with E-state index in [0.717, 1.165) is 0 Å². The standard InChI is InChI=1S/C18H30.C4H7NO2/c1-4-5-6-7-8-9-10-11-14-18-15-12-13-16(2)17(18)3;1-3(2)4(6)7-5/h12-13,15H,4-11,14H2,1-3H3;1,5H2,2H3. The Morgan fingerprint density at radius 3 is 2.08 bits per heavy atom. The highest BCUT2D eigenvalue weighted by Gasteiger charge is 2.00. The first-order valence-corrected chi connectivity index (χ1v) is 9.55. The van der Waals surface area contributed by atoms with Crippen molar-refractivity contribution < 1.29 is 9.63 Å². The van der Waals surface area contributed by atoms with Gasteiger partial charge in [-0.2, -0.15) is 5.90 Å². The van der Waals surface area contributed by atoms with E-state index in [1.807, 2.05) is 0 Å². The van der Waals surface area contributed by atoms with Gasteiger partial charge in [-0.05, 0) is 50.3 Å². The van der Waals surface area contributed by atoms with E-state index in [0.29, 0.717) is 5.57 Å². The SMILES string of the molecule is C=C(C)C(=O)ON.CCCCCCCCCCc1cccc(C)c1C. The Bertz CT molecular complexity index is 509.